The molecule has 0 spiro atoms. The molecular weight excluding hydrogens is 234 g/mol. The maximum absolute atomic E-state index is 5.64. The molecule has 0 aliphatic rings. The molecule has 1 rings (SSSR count). The van der Waals surface area contributed by atoms with E-state index in [-0.39, 0.29) is 6.10 Å². The fourth-order valence-electron chi connectivity index (χ4n) is 1.39. The van der Waals surface area contributed by atoms with Crippen molar-refractivity contribution in [3.05, 3.63) is 29.3 Å². The van der Waals surface area contributed by atoms with Crippen LogP contribution in [0, 0.1) is 6.92 Å². The average molecular weight is 253 g/mol. The fourth-order valence-corrected chi connectivity index (χ4v) is 1.56. The summed E-state index contributed by atoms with van der Waals surface area (Å²) in [5.41, 5.74) is 7.53. The van der Waals surface area contributed by atoms with Crippen LogP contribution in [-0.2, 0) is 4.74 Å². The van der Waals surface area contributed by atoms with Gasteiger partial charge in [-0.25, -0.2) is 0 Å². The van der Waals surface area contributed by atoms with Gasteiger partial charge in [-0.05, 0) is 38.5 Å². The lowest BCUT2D eigenvalue weighted by molar-refractivity contribution is 0.0552. The zero-order chi connectivity index (χ0) is 12.8. The molecule has 2 N–H and O–H groups in total. The third-order valence-corrected chi connectivity index (χ3v) is 2.41. The number of hydrogen-bond donors (Lipinski definition) is 1. The van der Waals surface area contributed by atoms with E-state index in [1.54, 1.807) is 0 Å². The topological polar surface area (TPSA) is 44.5 Å². The summed E-state index contributed by atoms with van der Waals surface area (Å²) in [5.74, 6) is 0.727. The lowest BCUT2D eigenvalue weighted by Gasteiger charge is -2.12. The number of thiocarbonyl (C=S) groups is 1. The Hall–Kier alpha value is -1.13. The Morgan fingerprint density at radius 3 is 2.65 bits per heavy atom. The van der Waals surface area contributed by atoms with Gasteiger partial charge >= 0.3 is 0 Å². The quantitative estimate of drug-likeness (QED) is 0.624. The lowest BCUT2D eigenvalue weighted by Crippen LogP contribution is -2.15. The number of hydrogen-bond acceptors (Lipinski definition) is 3. The monoisotopic (exact) mass is 253 g/mol. The van der Waals surface area contributed by atoms with Crippen LogP contribution in [0.2, 0.25) is 0 Å². The molecule has 0 aliphatic heterocycles. The minimum atomic E-state index is 0.214. The molecular formula is C13H19NO2S. The van der Waals surface area contributed by atoms with E-state index in [0.29, 0.717) is 18.2 Å². The summed E-state index contributed by atoms with van der Waals surface area (Å²) in [7, 11) is 0. The molecule has 3 nitrogen and oxygen atoms in total. The van der Waals surface area contributed by atoms with Crippen molar-refractivity contribution >= 4 is 17.2 Å². The molecule has 0 aliphatic carbocycles. The van der Waals surface area contributed by atoms with E-state index in [1.807, 2.05) is 39.0 Å². The van der Waals surface area contributed by atoms with Gasteiger partial charge in [0.1, 0.15) is 17.3 Å². The molecule has 1 aromatic rings. The summed E-state index contributed by atoms with van der Waals surface area (Å²) in [6.07, 6.45) is 0.214. The van der Waals surface area contributed by atoms with Gasteiger partial charge in [-0.2, -0.15) is 0 Å². The molecule has 0 saturated carbocycles. The van der Waals surface area contributed by atoms with E-state index < -0.39 is 0 Å². The Kier molecular flexibility index (Phi) is 5.38. The molecule has 0 aromatic heterocycles. The Morgan fingerprint density at radius 1 is 1.35 bits per heavy atom. The van der Waals surface area contributed by atoms with E-state index in [9.17, 15) is 0 Å². The summed E-state index contributed by atoms with van der Waals surface area (Å²) in [4.78, 5) is 0.352. The average Bonchev–Trinajstić information content (AvgIpc) is 2.23. The van der Waals surface area contributed by atoms with Gasteiger partial charge in [0.2, 0.25) is 0 Å². The first-order valence-electron chi connectivity index (χ1n) is 5.65. The van der Waals surface area contributed by atoms with Gasteiger partial charge in [-0.3, -0.25) is 0 Å². The van der Waals surface area contributed by atoms with Crippen molar-refractivity contribution in [2.75, 3.05) is 13.2 Å². The SMILES string of the molecule is Cc1ccc(C(N)=S)c(OCCOC(C)C)c1. The molecule has 1 aromatic carbocycles. The predicted molar refractivity (Wildman–Crippen MR) is 73.6 cm³/mol. The van der Waals surface area contributed by atoms with Gasteiger partial charge in [0.25, 0.3) is 0 Å². The molecule has 94 valence electrons. The third kappa shape index (κ3) is 4.71. The highest BCUT2D eigenvalue weighted by atomic mass is 32.1. The van der Waals surface area contributed by atoms with Crippen LogP contribution < -0.4 is 10.5 Å². The van der Waals surface area contributed by atoms with Gasteiger partial charge in [-0.1, -0.05) is 18.3 Å². The van der Waals surface area contributed by atoms with E-state index in [2.05, 4.69) is 0 Å². The maximum Gasteiger partial charge on any atom is 0.129 e. The zero-order valence-corrected chi connectivity index (χ0v) is 11.3. The first kappa shape index (κ1) is 13.9. The summed E-state index contributed by atoms with van der Waals surface area (Å²) >= 11 is 4.98. The molecule has 0 unspecified atom stereocenters. The molecule has 0 radical (unpaired) electrons. The number of benzene rings is 1. The molecule has 0 atom stereocenters. The summed E-state index contributed by atoms with van der Waals surface area (Å²) < 4.78 is 11.0. The molecule has 0 amide bonds. The molecule has 0 saturated heterocycles. The van der Waals surface area contributed by atoms with E-state index in [4.69, 9.17) is 27.4 Å². The molecule has 0 heterocycles. The van der Waals surface area contributed by atoms with E-state index >= 15 is 0 Å². The Morgan fingerprint density at radius 2 is 2.06 bits per heavy atom. The highest BCUT2D eigenvalue weighted by Crippen LogP contribution is 2.20. The van der Waals surface area contributed by atoms with Crippen molar-refractivity contribution in [1.82, 2.24) is 0 Å². The van der Waals surface area contributed by atoms with Crippen LogP contribution in [0.4, 0.5) is 0 Å². The highest BCUT2D eigenvalue weighted by molar-refractivity contribution is 7.80. The van der Waals surface area contributed by atoms with Crippen LogP contribution in [0.25, 0.3) is 0 Å². The van der Waals surface area contributed by atoms with Crippen molar-refractivity contribution in [3.8, 4) is 5.75 Å². The standard InChI is InChI=1S/C13H19NO2S/c1-9(2)15-6-7-16-12-8-10(3)4-5-11(12)13(14)17/h4-5,8-9H,6-7H2,1-3H3,(H2,14,17). The van der Waals surface area contributed by atoms with Crippen LogP contribution in [-0.4, -0.2) is 24.3 Å². The molecule has 4 heteroatoms. The second-order valence-corrected chi connectivity index (χ2v) is 4.57. The van der Waals surface area contributed by atoms with Gasteiger partial charge < -0.3 is 15.2 Å². The molecule has 0 fully saturated rings. The van der Waals surface area contributed by atoms with Gasteiger partial charge in [0, 0.05) is 0 Å². The first-order valence-corrected chi connectivity index (χ1v) is 6.06. The second kappa shape index (κ2) is 6.57. The van der Waals surface area contributed by atoms with Crippen LogP contribution in [0.5, 0.6) is 5.75 Å². The summed E-state index contributed by atoms with van der Waals surface area (Å²) in [6.45, 7) is 7.04. The van der Waals surface area contributed by atoms with E-state index in [0.717, 1.165) is 16.9 Å². The Bertz CT molecular complexity index is 391. The smallest absolute Gasteiger partial charge is 0.129 e. The largest absolute Gasteiger partial charge is 0.490 e. The maximum atomic E-state index is 5.64. The van der Waals surface area contributed by atoms with Gasteiger partial charge in [0.15, 0.2) is 0 Å². The number of nitrogens with two attached hydrogens (primary N) is 1. The van der Waals surface area contributed by atoms with Crippen LogP contribution in [0.15, 0.2) is 18.2 Å². The first-order chi connectivity index (χ1) is 8.00. The van der Waals surface area contributed by atoms with E-state index in [1.165, 1.54) is 0 Å². The fraction of sp³-hybridized carbons (Fsp3) is 0.462. The van der Waals surface area contributed by atoms with Crippen molar-refractivity contribution in [2.24, 2.45) is 5.73 Å². The van der Waals surface area contributed by atoms with Crippen molar-refractivity contribution in [2.45, 2.75) is 26.9 Å². The Balaban J connectivity index is 2.62. The number of ether oxygens (including phenoxy) is 2. The number of rotatable bonds is 6. The second-order valence-electron chi connectivity index (χ2n) is 4.13. The van der Waals surface area contributed by atoms with Crippen LogP contribution >= 0.6 is 12.2 Å². The summed E-state index contributed by atoms with van der Waals surface area (Å²) in [6, 6.07) is 5.78. The van der Waals surface area contributed by atoms with Crippen molar-refractivity contribution < 1.29 is 9.47 Å². The zero-order valence-electron chi connectivity index (χ0n) is 10.5. The normalized spacial score (nSPS) is 10.6. The minimum Gasteiger partial charge on any atom is -0.490 e. The van der Waals surface area contributed by atoms with Crippen LogP contribution in [0.3, 0.4) is 0 Å². The lowest BCUT2D eigenvalue weighted by atomic mass is 10.1. The predicted octanol–water partition coefficient (Wildman–Crippen LogP) is 2.43. The third-order valence-electron chi connectivity index (χ3n) is 2.19. The van der Waals surface area contributed by atoms with Gasteiger partial charge in [0.05, 0.1) is 18.3 Å². The van der Waals surface area contributed by atoms with Gasteiger partial charge in [-0.15, -0.1) is 0 Å². The molecule has 0 bridgehead atoms. The highest BCUT2D eigenvalue weighted by Gasteiger charge is 2.06. The van der Waals surface area contributed by atoms with Crippen molar-refractivity contribution in [3.63, 3.8) is 0 Å². The summed E-state index contributed by atoms with van der Waals surface area (Å²) in [5, 5.41) is 0. The number of aryl methyl sites for hydroxylation is 1. The Labute approximate surface area is 108 Å². The minimum absolute atomic E-state index is 0.214. The van der Waals surface area contributed by atoms with Crippen LogP contribution in [0.1, 0.15) is 25.0 Å². The van der Waals surface area contributed by atoms with Crippen molar-refractivity contribution in [1.29, 1.82) is 0 Å². The molecule has 17 heavy (non-hydrogen) atoms.